The molecule has 0 unspecified atom stereocenters. The molecule has 0 aliphatic carbocycles. The zero-order valence-electron chi connectivity index (χ0n) is 11.9. The van der Waals surface area contributed by atoms with Gasteiger partial charge < -0.3 is 0 Å². The first-order chi connectivity index (χ1) is 11.0. The first-order valence-electron chi connectivity index (χ1n) is 6.79. The van der Waals surface area contributed by atoms with Crippen LogP contribution in [0.3, 0.4) is 0 Å². The van der Waals surface area contributed by atoms with Gasteiger partial charge >= 0.3 is 0 Å². The standard InChI is InChI=1S/C16H12ClN3O3/c17-12-6-7-15-14(8-12)16(11-4-2-1-3-5-11)19(21)9-13(18-15)10-20(22)23/h1-8,10,21H,9H2/b13-10+. The summed E-state index contributed by atoms with van der Waals surface area (Å²) in [5.41, 5.74) is 1.40. The molecule has 1 heterocycles. The molecule has 0 saturated carbocycles. The van der Waals surface area contributed by atoms with Crippen molar-refractivity contribution in [3.8, 4) is 0 Å². The van der Waals surface area contributed by atoms with Crippen molar-refractivity contribution >= 4 is 17.3 Å². The minimum absolute atomic E-state index is 0.0997. The third-order valence-corrected chi connectivity index (χ3v) is 3.58. The van der Waals surface area contributed by atoms with Crippen LogP contribution >= 0.6 is 11.6 Å². The van der Waals surface area contributed by atoms with E-state index in [2.05, 4.69) is 4.99 Å². The molecule has 2 aromatic rings. The van der Waals surface area contributed by atoms with Crippen LogP contribution in [-0.2, 0) is 0 Å². The second kappa shape index (κ2) is 6.20. The molecule has 0 fully saturated rings. The van der Waals surface area contributed by atoms with Crippen LogP contribution in [-0.4, -0.2) is 21.7 Å². The molecule has 0 radical (unpaired) electrons. The Morgan fingerprint density at radius 3 is 2.70 bits per heavy atom. The normalized spacial score (nSPS) is 15.8. The van der Waals surface area contributed by atoms with Crippen LogP contribution in [0, 0.1) is 10.1 Å². The number of rotatable bonds is 2. The number of benzene rings is 2. The summed E-state index contributed by atoms with van der Waals surface area (Å²) in [6.45, 7) is -0.0997. The molecule has 7 heteroatoms. The fourth-order valence-electron chi connectivity index (χ4n) is 2.45. The lowest BCUT2D eigenvalue weighted by Crippen LogP contribution is -2.31. The Bertz CT molecular complexity index is 910. The smallest absolute Gasteiger partial charge is 0.257 e. The molecule has 0 bridgehead atoms. The zero-order chi connectivity index (χ0) is 16.4. The SMILES string of the molecule is O=[N+]([O-])/C=C1\CN(O)C(c2ccccc2)=c2cc(Cl)ccc2=N1. The number of fused-ring (bicyclic) bond motifs is 1. The molecular formula is C16H12ClN3O3. The third kappa shape index (κ3) is 3.23. The van der Waals surface area contributed by atoms with E-state index in [0.717, 1.165) is 16.8 Å². The van der Waals surface area contributed by atoms with Crippen LogP contribution in [0.5, 0.6) is 0 Å². The first-order valence-corrected chi connectivity index (χ1v) is 7.17. The number of hydrogen-bond acceptors (Lipinski definition) is 5. The Morgan fingerprint density at radius 1 is 1.26 bits per heavy atom. The van der Waals surface area contributed by atoms with Gasteiger partial charge in [0.05, 0.1) is 22.5 Å². The van der Waals surface area contributed by atoms with Crippen molar-refractivity contribution in [3.63, 3.8) is 0 Å². The number of nitro groups is 1. The molecule has 2 aromatic carbocycles. The molecule has 0 saturated heterocycles. The van der Waals surface area contributed by atoms with Crippen molar-refractivity contribution in [1.29, 1.82) is 0 Å². The van der Waals surface area contributed by atoms with Crippen LogP contribution in [0.2, 0.25) is 5.02 Å². The molecular weight excluding hydrogens is 318 g/mol. The van der Waals surface area contributed by atoms with Gasteiger partial charge in [0.25, 0.3) is 6.20 Å². The number of nitrogens with zero attached hydrogens (tertiary/aromatic N) is 3. The topological polar surface area (TPSA) is 79.0 Å². The van der Waals surface area contributed by atoms with Gasteiger partial charge in [0, 0.05) is 15.8 Å². The van der Waals surface area contributed by atoms with E-state index in [0.29, 0.717) is 21.3 Å². The molecule has 0 amide bonds. The van der Waals surface area contributed by atoms with Gasteiger partial charge in [0.2, 0.25) is 0 Å². The van der Waals surface area contributed by atoms with Crippen molar-refractivity contribution in [3.05, 3.63) is 91.7 Å². The molecule has 23 heavy (non-hydrogen) atoms. The molecule has 0 spiro atoms. The molecule has 0 atom stereocenters. The van der Waals surface area contributed by atoms with E-state index in [1.165, 1.54) is 0 Å². The first kappa shape index (κ1) is 15.2. The summed E-state index contributed by atoms with van der Waals surface area (Å²) >= 11 is 6.07. The Morgan fingerprint density at radius 2 is 2.00 bits per heavy atom. The summed E-state index contributed by atoms with van der Waals surface area (Å²) in [4.78, 5) is 14.4. The highest BCUT2D eigenvalue weighted by Gasteiger charge is 2.18. The van der Waals surface area contributed by atoms with Crippen molar-refractivity contribution in [2.75, 3.05) is 6.54 Å². The molecule has 0 aromatic heterocycles. The number of hydrogen-bond donors (Lipinski definition) is 1. The lowest BCUT2D eigenvalue weighted by Gasteiger charge is -2.19. The maximum Gasteiger partial charge on any atom is 0.257 e. The highest BCUT2D eigenvalue weighted by molar-refractivity contribution is 6.30. The van der Waals surface area contributed by atoms with Gasteiger partial charge in [0.1, 0.15) is 5.70 Å². The predicted molar refractivity (Wildman–Crippen MR) is 84.8 cm³/mol. The van der Waals surface area contributed by atoms with Crippen LogP contribution in [0.1, 0.15) is 5.56 Å². The minimum Gasteiger partial charge on any atom is -0.288 e. The van der Waals surface area contributed by atoms with E-state index in [1.807, 2.05) is 30.3 Å². The Hall–Kier alpha value is -2.70. The largest absolute Gasteiger partial charge is 0.288 e. The number of hydroxylamine groups is 2. The van der Waals surface area contributed by atoms with Gasteiger partial charge in [-0.1, -0.05) is 41.9 Å². The van der Waals surface area contributed by atoms with E-state index < -0.39 is 4.92 Å². The Kier molecular flexibility index (Phi) is 4.10. The molecule has 1 aliphatic rings. The zero-order valence-corrected chi connectivity index (χ0v) is 12.6. The fourth-order valence-corrected chi connectivity index (χ4v) is 2.62. The minimum atomic E-state index is -0.588. The summed E-state index contributed by atoms with van der Waals surface area (Å²) in [5.74, 6) is 0. The lowest BCUT2D eigenvalue weighted by molar-refractivity contribution is -0.403. The van der Waals surface area contributed by atoms with E-state index in [4.69, 9.17) is 11.6 Å². The monoisotopic (exact) mass is 329 g/mol. The highest BCUT2D eigenvalue weighted by Crippen LogP contribution is 2.17. The van der Waals surface area contributed by atoms with Crippen LogP contribution in [0.15, 0.2) is 65.4 Å². The predicted octanol–water partition coefficient (Wildman–Crippen LogP) is 1.94. The van der Waals surface area contributed by atoms with Crippen molar-refractivity contribution < 1.29 is 10.1 Å². The molecule has 116 valence electrons. The van der Waals surface area contributed by atoms with Gasteiger partial charge in [-0.25, -0.2) is 10.1 Å². The average Bonchev–Trinajstić information content (AvgIpc) is 2.62. The fraction of sp³-hybridized carbons (Fsp3) is 0.0625. The maximum atomic E-state index is 10.7. The average molecular weight is 330 g/mol. The van der Waals surface area contributed by atoms with Gasteiger partial charge in [-0.15, -0.1) is 0 Å². The maximum absolute atomic E-state index is 10.7. The molecule has 1 aliphatic heterocycles. The molecule has 1 N–H and O–H groups in total. The Balaban J connectivity index is 2.36. The second-order valence-electron chi connectivity index (χ2n) is 4.95. The highest BCUT2D eigenvalue weighted by atomic mass is 35.5. The molecule has 3 rings (SSSR count). The summed E-state index contributed by atoms with van der Waals surface area (Å²) in [7, 11) is 0. The van der Waals surface area contributed by atoms with E-state index >= 15 is 0 Å². The van der Waals surface area contributed by atoms with Crippen LogP contribution in [0.4, 0.5) is 0 Å². The lowest BCUT2D eigenvalue weighted by atomic mass is 10.1. The second-order valence-corrected chi connectivity index (χ2v) is 5.39. The van der Waals surface area contributed by atoms with Crippen molar-refractivity contribution in [2.24, 2.45) is 4.99 Å². The summed E-state index contributed by atoms with van der Waals surface area (Å²) in [6, 6.07) is 14.2. The summed E-state index contributed by atoms with van der Waals surface area (Å²) < 4.78 is 0. The van der Waals surface area contributed by atoms with E-state index in [9.17, 15) is 15.3 Å². The van der Waals surface area contributed by atoms with Crippen LogP contribution < -0.4 is 10.6 Å². The van der Waals surface area contributed by atoms with Gasteiger partial charge in [-0.2, -0.15) is 0 Å². The Labute approximate surface area is 136 Å². The van der Waals surface area contributed by atoms with E-state index in [1.54, 1.807) is 18.2 Å². The molecule has 6 nitrogen and oxygen atoms in total. The summed E-state index contributed by atoms with van der Waals surface area (Å²) in [6.07, 6.45) is 0.787. The van der Waals surface area contributed by atoms with Gasteiger partial charge in [-0.05, 0) is 18.2 Å². The van der Waals surface area contributed by atoms with E-state index in [-0.39, 0.29) is 12.2 Å². The van der Waals surface area contributed by atoms with Gasteiger partial charge in [0.15, 0.2) is 0 Å². The van der Waals surface area contributed by atoms with Crippen molar-refractivity contribution in [2.45, 2.75) is 0 Å². The van der Waals surface area contributed by atoms with Crippen LogP contribution in [0.25, 0.3) is 5.70 Å². The van der Waals surface area contributed by atoms with Gasteiger partial charge in [-0.3, -0.25) is 15.3 Å². The van der Waals surface area contributed by atoms with Crippen molar-refractivity contribution in [1.82, 2.24) is 5.06 Å². The third-order valence-electron chi connectivity index (χ3n) is 3.35. The quantitative estimate of drug-likeness (QED) is 0.674. The number of halogens is 1. The summed E-state index contributed by atoms with van der Waals surface area (Å²) in [5, 5.41) is 23.8.